The van der Waals surface area contributed by atoms with Crippen LogP contribution in [0.5, 0.6) is 0 Å². The number of nitrogens with zero attached hydrogens (tertiary/aromatic N) is 2. The molecule has 0 saturated heterocycles. The van der Waals surface area contributed by atoms with Crippen molar-refractivity contribution in [3.63, 3.8) is 0 Å². The van der Waals surface area contributed by atoms with Gasteiger partial charge in [0.2, 0.25) is 0 Å². The van der Waals surface area contributed by atoms with Crippen LogP contribution in [0, 0.1) is 0 Å². The molecule has 0 fully saturated rings. The first-order valence-corrected chi connectivity index (χ1v) is 4.79. The minimum absolute atomic E-state index is 0.142. The minimum Gasteiger partial charge on any atom is -0.324 e. The summed E-state index contributed by atoms with van der Waals surface area (Å²) in [7, 11) is 0. The molecule has 2 rings (SSSR count). The molecule has 2 heterocycles. The standard InChI is InChI=1S/C10H14N4O/c1-10(2,11)6-14-8-5-12-4-3-7(8)13-9(14)15/h3-5H,6,11H2,1-2H3,(H,13,15). The molecule has 3 N–H and O–H groups in total. The van der Waals surface area contributed by atoms with Gasteiger partial charge in [0.15, 0.2) is 0 Å². The van der Waals surface area contributed by atoms with Crippen molar-refractivity contribution < 1.29 is 0 Å². The number of pyridine rings is 1. The fourth-order valence-electron chi connectivity index (χ4n) is 1.56. The minimum atomic E-state index is -0.422. The van der Waals surface area contributed by atoms with Gasteiger partial charge in [0.25, 0.3) is 0 Å². The number of nitrogens with two attached hydrogens (primary N) is 1. The lowest BCUT2D eigenvalue weighted by Gasteiger charge is -2.18. The third-order valence-electron chi connectivity index (χ3n) is 2.14. The molecule has 0 aliphatic carbocycles. The van der Waals surface area contributed by atoms with Gasteiger partial charge in [0.1, 0.15) is 0 Å². The van der Waals surface area contributed by atoms with E-state index < -0.39 is 5.54 Å². The van der Waals surface area contributed by atoms with Gasteiger partial charge >= 0.3 is 5.69 Å². The van der Waals surface area contributed by atoms with Crippen LogP contribution in [0.25, 0.3) is 11.0 Å². The number of aromatic amines is 1. The molecule has 80 valence electrons. The average molecular weight is 206 g/mol. The van der Waals surface area contributed by atoms with Gasteiger partial charge in [-0.15, -0.1) is 0 Å². The summed E-state index contributed by atoms with van der Waals surface area (Å²) in [5.41, 5.74) is 6.91. The van der Waals surface area contributed by atoms with Gasteiger partial charge in [0.05, 0.1) is 17.2 Å². The lowest BCUT2D eigenvalue weighted by molar-refractivity contribution is 0.434. The molecule has 5 nitrogen and oxygen atoms in total. The van der Waals surface area contributed by atoms with Gasteiger partial charge in [-0.05, 0) is 19.9 Å². The molecule has 0 unspecified atom stereocenters. The van der Waals surface area contributed by atoms with E-state index in [1.807, 2.05) is 13.8 Å². The van der Waals surface area contributed by atoms with Crippen molar-refractivity contribution >= 4 is 11.0 Å². The monoisotopic (exact) mass is 206 g/mol. The molecule has 0 aliphatic heterocycles. The molecule has 0 amide bonds. The maximum absolute atomic E-state index is 11.6. The van der Waals surface area contributed by atoms with Gasteiger partial charge in [0, 0.05) is 18.3 Å². The molecular weight excluding hydrogens is 192 g/mol. The third kappa shape index (κ3) is 1.92. The Hall–Kier alpha value is -1.62. The van der Waals surface area contributed by atoms with Crippen LogP contribution in [0.4, 0.5) is 0 Å². The summed E-state index contributed by atoms with van der Waals surface area (Å²) in [6, 6.07) is 1.77. The first-order valence-electron chi connectivity index (χ1n) is 4.79. The van der Waals surface area contributed by atoms with Crippen molar-refractivity contribution in [1.82, 2.24) is 14.5 Å². The van der Waals surface area contributed by atoms with Gasteiger partial charge < -0.3 is 10.7 Å². The van der Waals surface area contributed by atoms with E-state index in [0.29, 0.717) is 6.54 Å². The van der Waals surface area contributed by atoms with E-state index in [1.54, 1.807) is 23.0 Å². The number of fused-ring (bicyclic) bond motifs is 1. The Morgan fingerprint density at radius 2 is 2.33 bits per heavy atom. The number of nitrogens with one attached hydrogen (secondary N) is 1. The van der Waals surface area contributed by atoms with E-state index in [2.05, 4.69) is 9.97 Å². The van der Waals surface area contributed by atoms with Gasteiger partial charge in [-0.1, -0.05) is 0 Å². The van der Waals surface area contributed by atoms with Crippen molar-refractivity contribution in [2.45, 2.75) is 25.9 Å². The molecule has 0 radical (unpaired) electrons. The fraction of sp³-hybridized carbons (Fsp3) is 0.400. The van der Waals surface area contributed by atoms with Gasteiger partial charge in [-0.3, -0.25) is 9.55 Å². The molecule has 0 bridgehead atoms. The highest BCUT2D eigenvalue weighted by atomic mass is 16.1. The van der Waals surface area contributed by atoms with Crippen LogP contribution >= 0.6 is 0 Å². The molecule has 0 saturated carbocycles. The zero-order valence-corrected chi connectivity index (χ0v) is 8.82. The number of hydrogen-bond acceptors (Lipinski definition) is 3. The Balaban J connectivity index is 2.60. The van der Waals surface area contributed by atoms with Crippen molar-refractivity contribution in [2.75, 3.05) is 0 Å². The lowest BCUT2D eigenvalue weighted by Crippen LogP contribution is -2.39. The second-order valence-corrected chi connectivity index (χ2v) is 4.40. The van der Waals surface area contributed by atoms with E-state index in [9.17, 15) is 4.79 Å². The summed E-state index contributed by atoms with van der Waals surface area (Å²) >= 11 is 0. The maximum atomic E-state index is 11.6. The molecule has 2 aromatic rings. The van der Waals surface area contributed by atoms with E-state index in [4.69, 9.17) is 5.73 Å². The lowest BCUT2D eigenvalue weighted by atomic mass is 10.1. The summed E-state index contributed by atoms with van der Waals surface area (Å²) in [6.07, 6.45) is 3.31. The summed E-state index contributed by atoms with van der Waals surface area (Å²) in [5, 5.41) is 0. The average Bonchev–Trinajstić information content (AvgIpc) is 2.41. The van der Waals surface area contributed by atoms with Crippen LogP contribution in [-0.2, 0) is 6.54 Å². The van der Waals surface area contributed by atoms with Crippen molar-refractivity contribution in [3.8, 4) is 0 Å². The Labute approximate surface area is 86.9 Å². The zero-order valence-electron chi connectivity index (χ0n) is 8.82. The highest BCUT2D eigenvalue weighted by Crippen LogP contribution is 2.10. The molecule has 0 aliphatic rings. The largest absolute Gasteiger partial charge is 0.326 e. The van der Waals surface area contributed by atoms with Crippen LogP contribution in [0.15, 0.2) is 23.3 Å². The van der Waals surface area contributed by atoms with Crippen LogP contribution in [0.2, 0.25) is 0 Å². The number of H-pyrrole nitrogens is 1. The second-order valence-electron chi connectivity index (χ2n) is 4.40. The first-order chi connectivity index (χ1) is 6.97. The predicted octanol–water partition coefficient (Wildman–Crippen LogP) is 0.462. The SMILES string of the molecule is CC(C)(N)Cn1c(=O)[nH]c2ccncc21. The van der Waals surface area contributed by atoms with Crippen molar-refractivity contribution in [2.24, 2.45) is 5.73 Å². The van der Waals surface area contributed by atoms with E-state index >= 15 is 0 Å². The van der Waals surface area contributed by atoms with E-state index in [0.717, 1.165) is 11.0 Å². The highest BCUT2D eigenvalue weighted by molar-refractivity contribution is 5.73. The number of rotatable bonds is 2. The van der Waals surface area contributed by atoms with Gasteiger partial charge in [-0.25, -0.2) is 4.79 Å². The predicted molar refractivity (Wildman–Crippen MR) is 58.6 cm³/mol. The molecule has 5 heteroatoms. The molecule has 0 aromatic carbocycles. The van der Waals surface area contributed by atoms with Crippen LogP contribution in [-0.4, -0.2) is 20.1 Å². The van der Waals surface area contributed by atoms with Crippen molar-refractivity contribution in [3.05, 3.63) is 28.9 Å². The van der Waals surface area contributed by atoms with Gasteiger partial charge in [-0.2, -0.15) is 0 Å². The molecule has 0 atom stereocenters. The quantitative estimate of drug-likeness (QED) is 0.749. The Morgan fingerprint density at radius 1 is 1.60 bits per heavy atom. The highest BCUT2D eigenvalue weighted by Gasteiger charge is 2.15. The van der Waals surface area contributed by atoms with Crippen LogP contribution in [0.1, 0.15) is 13.8 Å². The Bertz CT molecular complexity index is 532. The maximum Gasteiger partial charge on any atom is 0.326 e. The van der Waals surface area contributed by atoms with Crippen LogP contribution < -0.4 is 11.4 Å². The summed E-state index contributed by atoms with van der Waals surface area (Å²) in [6.45, 7) is 4.24. The number of aromatic nitrogens is 3. The Kier molecular flexibility index (Phi) is 2.12. The molecule has 0 spiro atoms. The summed E-state index contributed by atoms with van der Waals surface area (Å²) in [5.74, 6) is 0. The number of hydrogen-bond donors (Lipinski definition) is 2. The third-order valence-corrected chi connectivity index (χ3v) is 2.14. The topological polar surface area (TPSA) is 76.7 Å². The summed E-state index contributed by atoms with van der Waals surface area (Å²) < 4.78 is 1.61. The number of imidazole rings is 1. The van der Waals surface area contributed by atoms with Crippen LogP contribution in [0.3, 0.4) is 0 Å². The molecule has 2 aromatic heterocycles. The Morgan fingerprint density at radius 3 is 3.00 bits per heavy atom. The molecule has 15 heavy (non-hydrogen) atoms. The van der Waals surface area contributed by atoms with E-state index in [-0.39, 0.29) is 5.69 Å². The fourth-order valence-corrected chi connectivity index (χ4v) is 1.56. The first kappa shape index (κ1) is 9.92. The smallest absolute Gasteiger partial charge is 0.324 e. The zero-order chi connectivity index (χ0) is 11.1. The van der Waals surface area contributed by atoms with E-state index in [1.165, 1.54) is 0 Å². The second kappa shape index (κ2) is 3.20. The molecular formula is C10H14N4O. The normalized spacial score (nSPS) is 12.2. The summed E-state index contributed by atoms with van der Waals surface area (Å²) in [4.78, 5) is 18.4. The van der Waals surface area contributed by atoms with Crippen molar-refractivity contribution in [1.29, 1.82) is 0 Å².